The Kier molecular flexibility index (Phi) is 5.73. The van der Waals surface area contributed by atoms with E-state index in [1.807, 2.05) is 0 Å². The van der Waals surface area contributed by atoms with Gasteiger partial charge in [-0.2, -0.15) is 8.42 Å². The lowest BCUT2D eigenvalue weighted by atomic mass is 10.1. The second-order valence-electron chi connectivity index (χ2n) is 5.84. The van der Waals surface area contributed by atoms with Gasteiger partial charge in [0.1, 0.15) is 14.7 Å². The van der Waals surface area contributed by atoms with Crippen molar-refractivity contribution in [3.05, 3.63) is 37.4 Å². The summed E-state index contributed by atoms with van der Waals surface area (Å²) in [5.74, 6) is -5.37. The zero-order valence-electron chi connectivity index (χ0n) is 14.6. The molecule has 10 nitrogen and oxygen atoms in total. The molecule has 0 aliphatic heterocycles. The van der Waals surface area contributed by atoms with E-state index in [0.717, 1.165) is 12.2 Å². The van der Waals surface area contributed by atoms with E-state index in [-0.39, 0.29) is 0 Å². The van der Waals surface area contributed by atoms with E-state index in [4.69, 9.17) is 0 Å². The lowest BCUT2D eigenvalue weighted by Gasteiger charge is -2.16. The van der Waals surface area contributed by atoms with Crippen molar-refractivity contribution in [2.45, 2.75) is 14.7 Å². The van der Waals surface area contributed by atoms with Gasteiger partial charge in [-0.25, -0.2) is 16.8 Å². The number of phenols is 3. The minimum atomic E-state index is -5.08. The molecule has 0 saturated carbocycles. The van der Waals surface area contributed by atoms with E-state index in [1.54, 1.807) is 0 Å². The minimum Gasteiger partial charge on any atom is -0.505 e. The van der Waals surface area contributed by atoms with Gasteiger partial charge in [-0.15, -0.1) is 13.2 Å². The average molecular weight is 464 g/mol. The predicted molar refractivity (Wildman–Crippen MR) is 103 cm³/mol. The Labute approximate surface area is 166 Å². The van der Waals surface area contributed by atoms with Gasteiger partial charge in [0.05, 0.1) is 16.9 Å². The molecule has 0 radical (unpaired) electrons. The molecule has 29 heavy (non-hydrogen) atoms. The lowest BCUT2D eigenvalue weighted by molar-refractivity contribution is 0.392. The van der Waals surface area contributed by atoms with Crippen LogP contribution in [0.1, 0.15) is 0 Å². The van der Waals surface area contributed by atoms with Gasteiger partial charge >= 0.3 is 0 Å². The predicted octanol–water partition coefficient (Wildman–Crippen LogP) is 1.12. The fourth-order valence-electron chi connectivity index (χ4n) is 2.67. The number of hydrogen-bond donors (Lipinski definition) is 4. The maximum absolute atomic E-state index is 12.6. The van der Waals surface area contributed by atoms with Crippen molar-refractivity contribution in [3.63, 3.8) is 0 Å². The average Bonchev–Trinajstić information content (AvgIpc) is 2.56. The van der Waals surface area contributed by atoms with Gasteiger partial charge in [-0.05, 0) is 17.5 Å². The first-order chi connectivity index (χ1) is 13.2. The quantitative estimate of drug-likeness (QED) is 0.263. The highest BCUT2D eigenvalue weighted by Gasteiger charge is 2.32. The number of benzene rings is 2. The molecule has 0 amide bonds. The van der Waals surface area contributed by atoms with E-state index >= 15 is 0 Å². The summed E-state index contributed by atoms with van der Waals surface area (Å²) in [5, 5.41) is 29.4. The highest BCUT2D eigenvalue weighted by atomic mass is 32.2. The number of phenolic OH excluding ortho intramolecular Hbond substituents is 3. The monoisotopic (exact) mass is 464 g/mol. The van der Waals surface area contributed by atoms with E-state index in [2.05, 4.69) is 13.2 Å². The number of sulfone groups is 2. The molecule has 2 aromatic rings. The van der Waals surface area contributed by atoms with Crippen molar-refractivity contribution in [2.24, 2.45) is 0 Å². The molecular formula is C16H16O10S3. The third kappa shape index (κ3) is 3.94. The van der Waals surface area contributed by atoms with Crippen molar-refractivity contribution in [3.8, 4) is 17.2 Å². The van der Waals surface area contributed by atoms with Gasteiger partial charge in [0, 0.05) is 0 Å². The van der Waals surface area contributed by atoms with Crippen molar-refractivity contribution in [1.29, 1.82) is 0 Å². The smallest absolute Gasteiger partial charge is 0.298 e. The highest BCUT2D eigenvalue weighted by molar-refractivity contribution is 7.92. The molecule has 0 spiro atoms. The Morgan fingerprint density at radius 1 is 0.759 bits per heavy atom. The number of rotatable bonds is 7. The first-order valence-corrected chi connectivity index (χ1v) is 12.3. The highest BCUT2D eigenvalue weighted by Crippen LogP contribution is 2.47. The second-order valence-corrected chi connectivity index (χ2v) is 11.2. The molecule has 2 rings (SSSR count). The molecule has 0 fully saturated rings. The maximum Gasteiger partial charge on any atom is 0.298 e. The molecule has 0 bridgehead atoms. The summed E-state index contributed by atoms with van der Waals surface area (Å²) in [7, 11) is -13.9. The largest absolute Gasteiger partial charge is 0.505 e. The maximum atomic E-state index is 12.6. The first-order valence-electron chi connectivity index (χ1n) is 7.58. The Balaban J connectivity index is 3.25. The first kappa shape index (κ1) is 22.7. The molecule has 13 heteroatoms. The van der Waals surface area contributed by atoms with Crippen LogP contribution in [-0.2, 0) is 29.8 Å². The van der Waals surface area contributed by atoms with E-state index < -0.39 is 84.0 Å². The molecule has 0 heterocycles. The molecule has 0 aliphatic carbocycles. The van der Waals surface area contributed by atoms with Gasteiger partial charge in [0.15, 0.2) is 36.9 Å². The van der Waals surface area contributed by atoms with E-state index in [1.165, 1.54) is 0 Å². The zero-order valence-corrected chi connectivity index (χ0v) is 17.1. The van der Waals surface area contributed by atoms with Crippen LogP contribution in [0.2, 0.25) is 0 Å². The van der Waals surface area contributed by atoms with Crippen LogP contribution < -0.4 is 0 Å². The summed E-state index contributed by atoms with van der Waals surface area (Å²) in [4.78, 5) is -3.11. The molecule has 0 saturated heterocycles. The standard InChI is InChI=1S/C16H16O10S3/c1-3-5-27(20,21)10-7-9-8-11(29(24,25)26)13(17)15(19)12(9)16(14(10)18)28(22,23)6-4-2/h3-4,7-8,17-19H,1-2,5-6H2,(H,24,25,26). The number of fused-ring (bicyclic) bond motifs is 1. The van der Waals surface area contributed by atoms with E-state index in [0.29, 0.717) is 12.1 Å². The van der Waals surface area contributed by atoms with Crippen LogP contribution in [-0.4, -0.2) is 56.6 Å². The number of aromatic hydroxyl groups is 3. The van der Waals surface area contributed by atoms with Gasteiger partial charge in [0.2, 0.25) is 0 Å². The van der Waals surface area contributed by atoms with Crippen molar-refractivity contribution in [2.75, 3.05) is 11.5 Å². The molecule has 4 N–H and O–H groups in total. The molecule has 0 atom stereocenters. The van der Waals surface area contributed by atoms with Gasteiger partial charge < -0.3 is 15.3 Å². The van der Waals surface area contributed by atoms with Crippen LogP contribution in [0.5, 0.6) is 17.2 Å². The van der Waals surface area contributed by atoms with Crippen LogP contribution >= 0.6 is 0 Å². The Hall–Kier alpha value is -2.61. The SMILES string of the molecule is C=CCS(=O)(=O)c1cc2cc(S(=O)(=O)O)c(O)c(O)c2c(S(=O)(=O)CC=C)c1O. The summed E-state index contributed by atoms with van der Waals surface area (Å²) in [5.41, 5.74) is 0. The summed E-state index contributed by atoms with van der Waals surface area (Å²) < 4.78 is 82.3. The van der Waals surface area contributed by atoms with Crippen LogP contribution in [0.4, 0.5) is 0 Å². The Morgan fingerprint density at radius 3 is 1.72 bits per heavy atom. The molecule has 2 aromatic carbocycles. The fraction of sp³-hybridized carbons (Fsp3) is 0.125. The van der Waals surface area contributed by atoms with Crippen LogP contribution in [0, 0.1) is 0 Å². The number of hydrogen-bond acceptors (Lipinski definition) is 9. The van der Waals surface area contributed by atoms with Gasteiger partial charge in [0.25, 0.3) is 10.1 Å². The molecule has 158 valence electrons. The topological polar surface area (TPSA) is 183 Å². The van der Waals surface area contributed by atoms with Crippen LogP contribution in [0.15, 0.2) is 52.1 Å². The Morgan fingerprint density at radius 2 is 1.24 bits per heavy atom. The third-order valence-electron chi connectivity index (χ3n) is 3.83. The van der Waals surface area contributed by atoms with Crippen molar-refractivity contribution < 1.29 is 45.1 Å². The molecule has 0 aromatic heterocycles. The van der Waals surface area contributed by atoms with E-state index in [9.17, 15) is 45.1 Å². The summed E-state index contributed by atoms with van der Waals surface area (Å²) in [6.45, 7) is 6.51. The Bertz CT molecular complexity index is 1350. The molecular weight excluding hydrogens is 448 g/mol. The zero-order chi connectivity index (χ0) is 22.4. The third-order valence-corrected chi connectivity index (χ3v) is 8.05. The minimum absolute atomic E-state index is 0.490. The fourth-order valence-corrected chi connectivity index (χ4v) is 5.95. The summed E-state index contributed by atoms with van der Waals surface area (Å²) in [6.07, 6.45) is 1.92. The lowest BCUT2D eigenvalue weighted by Crippen LogP contribution is -2.11. The normalized spacial score (nSPS) is 12.7. The van der Waals surface area contributed by atoms with Crippen LogP contribution in [0.3, 0.4) is 0 Å². The molecule has 0 unspecified atom stereocenters. The summed E-state index contributed by atoms with van der Waals surface area (Å²) >= 11 is 0. The summed E-state index contributed by atoms with van der Waals surface area (Å²) in [6, 6.07) is 1.28. The van der Waals surface area contributed by atoms with Crippen molar-refractivity contribution in [1.82, 2.24) is 0 Å². The molecule has 0 aliphatic rings. The van der Waals surface area contributed by atoms with Crippen LogP contribution in [0.25, 0.3) is 10.8 Å². The van der Waals surface area contributed by atoms with Gasteiger partial charge in [-0.1, -0.05) is 12.2 Å². The van der Waals surface area contributed by atoms with Crippen molar-refractivity contribution >= 4 is 40.6 Å². The second kappa shape index (κ2) is 7.33. The van der Waals surface area contributed by atoms with Gasteiger partial charge in [-0.3, -0.25) is 4.55 Å².